The van der Waals surface area contributed by atoms with Crippen LogP contribution in [0.5, 0.6) is 0 Å². The van der Waals surface area contributed by atoms with E-state index in [0.717, 1.165) is 95.0 Å². The molecule has 6 fully saturated rings. The Balaban J connectivity index is 0.000000325. The number of morpholine rings is 1. The van der Waals surface area contributed by atoms with Crippen molar-refractivity contribution < 1.29 is 19.7 Å². The Kier molecular flexibility index (Phi) is 27.8. The molecule has 11 nitrogen and oxygen atoms in total. The lowest BCUT2D eigenvalue weighted by Crippen LogP contribution is -2.42. The van der Waals surface area contributed by atoms with E-state index in [9.17, 15) is 4.79 Å². The quantitative estimate of drug-likeness (QED) is 0.385. The monoisotopic (exact) mass is 770 g/mol. The summed E-state index contributed by atoms with van der Waals surface area (Å²) in [6.45, 7) is 25.5. The van der Waals surface area contributed by atoms with Gasteiger partial charge in [0.2, 0.25) is 5.91 Å². The minimum Gasteiger partial charge on any atom is -0.396 e. The number of ether oxygens (including phenoxy) is 1. The Morgan fingerprint density at radius 2 is 0.926 bits per heavy atom. The molecule has 0 spiro atoms. The maximum Gasteiger partial charge on any atom is 0.220 e. The lowest BCUT2D eigenvalue weighted by atomic mass is 9.92. The number of rotatable bonds is 3. The van der Waals surface area contributed by atoms with Gasteiger partial charge in [-0.1, -0.05) is 20.8 Å². The van der Waals surface area contributed by atoms with Gasteiger partial charge in [0.15, 0.2) is 0 Å². The van der Waals surface area contributed by atoms with Crippen molar-refractivity contribution in [2.45, 2.75) is 117 Å². The second-order valence-electron chi connectivity index (χ2n) is 18.4. The van der Waals surface area contributed by atoms with Gasteiger partial charge in [0.1, 0.15) is 0 Å². The Hall–Kier alpha value is -0.890. The molecular weight excluding hydrogens is 679 g/mol. The largest absolute Gasteiger partial charge is 0.396 e. The van der Waals surface area contributed by atoms with Crippen molar-refractivity contribution in [3.8, 4) is 0 Å². The fourth-order valence-corrected chi connectivity index (χ4v) is 8.37. The molecule has 0 saturated carbocycles. The van der Waals surface area contributed by atoms with Crippen molar-refractivity contribution in [2.75, 3.05) is 127 Å². The molecule has 6 aliphatic rings. The van der Waals surface area contributed by atoms with Crippen LogP contribution in [-0.2, 0) is 9.53 Å². The number of aliphatic hydroxyl groups is 2. The Labute approximate surface area is 334 Å². The zero-order chi connectivity index (χ0) is 40.6. The minimum absolute atomic E-state index is 0.0220. The Morgan fingerprint density at radius 1 is 0.556 bits per heavy atom. The van der Waals surface area contributed by atoms with E-state index in [-0.39, 0.29) is 17.9 Å². The molecule has 0 bridgehead atoms. The lowest BCUT2D eigenvalue weighted by Gasteiger charge is -2.32. The number of hydrogen-bond donors (Lipinski definition) is 3. The van der Waals surface area contributed by atoms with Gasteiger partial charge in [-0.05, 0) is 183 Å². The molecule has 54 heavy (non-hydrogen) atoms. The number of likely N-dealkylation sites (N-methyl/N-ethyl adjacent to an activating group) is 1. The summed E-state index contributed by atoms with van der Waals surface area (Å²) < 4.78 is 5.51. The fourth-order valence-electron chi connectivity index (χ4n) is 8.37. The van der Waals surface area contributed by atoms with E-state index in [0.29, 0.717) is 18.8 Å². The molecule has 1 amide bonds. The van der Waals surface area contributed by atoms with Crippen LogP contribution in [0, 0.1) is 29.6 Å². The van der Waals surface area contributed by atoms with Gasteiger partial charge in [-0.2, -0.15) is 0 Å². The molecule has 0 aromatic heterocycles. The molecule has 0 aromatic carbocycles. The van der Waals surface area contributed by atoms with Crippen molar-refractivity contribution in [3.05, 3.63) is 0 Å². The number of carbonyl (C=O) groups is 1. The summed E-state index contributed by atoms with van der Waals surface area (Å²) >= 11 is 0. The summed E-state index contributed by atoms with van der Waals surface area (Å²) in [5.74, 6) is 3.61. The van der Waals surface area contributed by atoms with Crippen molar-refractivity contribution in [2.24, 2.45) is 35.3 Å². The van der Waals surface area contributed by atoms with Crippen molar-refractivity contribution in [1.29, 1.82) is 0 Å². The number of primary amides is 1. The topological polar surface area (TPSA) is 112 Å². The zero-order valence-electron chi connectivity index (χ0n) is 37.4. The maximum atomic E-state index is 10.7. The number of piperidine rings is 5. The highest BCUT2D eigenvalue weighted by Gasteiger charge is 2.21. The number of aliphatic hydroxyl groups excluding tert-OH is 2. The number of nitrogens with zero attached hydrogens (tertiary/aromatic N) is 6. The summed E-state index contributed by atoms with van der Waals surface area (Å²) in [5, 5.41) is 17.7. The second kappa shape index (κ2) is 29.3. The highest BCUT2D eigenvalue weighted by molar-refractivity contribution is 5.76. The van der Waals surface area contributed by atoms with Gasteiger partial charge in [0.25, 0.3) is 0 Å². The van der Waals surface area contributed by atoms with E-state index < -0.39 is 0 Å². The third-order valence-electron chi connectivity index (χ3n) is 11.8. The predicted molar refractivity (Wildman–Crippen MR) is 228 cm³/mol. The van der Waals surface area contributed by atoms with Crippen LogP contribution in [-0.4, -0.2) is 191 Å². The van der Waals surface area contributed by atoms with Crippen LogP contribution in [0.2, 0.25) is 0 Å². The Morgan fingerprint density at radius 3 is 1.26 bits per heavy atom. The summed E-state index contributed by atoms with van der Waals surface area (Å²) in [6, 6.07) is 0. The molecule has 0 radical (unpaired) electrons. The summed E-state index contributed by atoms with van der Waals surface area (Å²) in [7, 11) is 12.9. The normalized spacial score (nSPS) is 29.4. The number of hydrogen-bond acceptors (Lipinski definition) is 10. The van der Waals surface area contributed by atoms with Crippen molar-refractivity contribution in [3.63, 3.8) is 0 Å². The van der Waals surface area contributed by atoms with Crippen LogP contribution in [0.3, 0.4) is 0 Å². The molecule has 0 aliphatic carbocycles. The molecule has 0 aromatic rings. The SMILES string of the molecule is CC1CC(C)CN(C)C1.CC1CCN(C)CC1.CC1CN(C)CC(C)O1.CN1CCC(C(N)=O)CC1.CN1CCC(CCO)CC1.CN1CCC(O)CC1. The second-order valence-corrected chi connectivity index (χ2v) is 18.4. The number of nitrogens with two attached hydrogens (primary N) is 1. The van der Waals surface area contributed by atoms with Gasteiger partial charge in [0, 0.05) is 51.8 Å². The fraction of sp³-hybridized carbons (Fsp3) is 0.977. The first-order valence-corrected chi connectivity index (χ1v) is 21.8. The summed E-state index contributed by atoms with van der Waals surface area (Å²) in [5.41, 5.74) is 5.16. The van der Waals surface area contributed by atoms with Gasteiger partial charge < -0.3 is 50.1 Å². The molecule has 6 heterocycles. The molecule has 4 atom stereocenters. The van der Waals surface area contributed by atoms with Gasteiger partial charge in [-0.15, -0.1) is 0 Å². The van der Waals surface area contributed by atoms with Crippen LogP contribution in [0.15, 0.2) is 0 Å². The lowest BCUT2D eigenvalue weighted by molar-refractivity contribution is -0.123. The van der Waals surface area contributed by atoms with Gasteiger partial charge in [-0.25, -0.2) is 0 Å². The van der Waals surface area contributed by atoms with Gasteiger partial charge in [0.05, 0.1) is 18.3 Å². The highest BCUT2D eigenvalue weighted by Crippen LogP contribution is 2.20. The molecule has 6 rings (SSSR count). The van der Waals surface area contributed by atoms with Crippen molar-refractivity contribution in [1.82, 2.24) is 29.4 Å². The average molecular weight is 770 g/mol. The van der Waals surface area contributed by atoms with E-state index in [1.54, 1.807) is 0 Å². The molecule has 322 valence electrons. The van der Waals surface area contributed by atoms with Crippen LogP contribution in [0.1, 0.15) is 98.8 Å². The third kappa shape index (κ3) is 26.1. The van der Waals surface area contributed by atoms with Crippen LogP contribution in [0.4, 0.5) is 0 Å². The first-order valence-electron chi connectivity index (χ1n) is 21.8. The standard InChI is InChI=1S/C8H17NO.C8H17N.C7H14N2O.C7H15NO.C7H15N.C6H13NO/c1-9-5-2-8(3-6-9)4-7-10;1-7-4-8(2)6-9(3)5-7;1-9-4-2-6(3-5-9)7(8)10;1-6-4-8(3)5-7(2)9-6;1-7-3-5-8(2)6-4-7;1-7-4-2-6(8)3-5-7/h8,10H,2-7H2,1H3;7-8H,4-6H2,1-3H3;6H,2-5H2,1H3,(H2,8,10);6-7H,4-5H2,1-3H3;7H,3-6H2,1-2H3;6,8H,2-5H2,1H3. The Bertz CT molecular complexity index is 788. The van der Waals surface area contributed by atoms with E-state index in [2.05, 4.69) is 106 Å². The van der Waals surface area contributed by atoms with E-state index in [1.165, 1.54) is 71.4 Å². The smallest absolute Gasteiger partial charge is 0.220 e. The highest BCUT2D eigenvalue weighted by atomic mass is 16.5. The first kappa shape index (κ1) is 51.1. The van der Waals surface area contributed by atoms with Crippen molar-refractivity contribution >= 4 is 5.91 Å². The molecule has 4 N–H and O–H groups in total. The van der Waals surface area contributed by atoms with Gasteiger partial charge in [-0.3, -0.25) is 4.79 Å². The molecule has 4 unspecified atom stereocenters. The van der Waals surface area contributed by atoms with Crippen LogP contribution < -0.4 is 5.73 Å². The maximum absolute atomic E-state index is 10.7. The minimum atomic E-state index is -0.131. The van der Waals surface area contributed by atoms with E-state index in [4.69, 9.17) is 20.7 Å². The third-order valence-corrected chi connectivity index (χ3v) is 11.8. The number of carbonyl (C=O) groups excluding carboxylic acids is 1. The first-order chi connectivity index (χ1) is 25.5. The molecule has 6 saturated heterocycles. The average Bonchev–Trinajstić information content (AvgIpc) is 3.09. The zero-order valence-corrected chi connectivity index (χ0v) is 37.4. The molecule has 11 heteroatoms. The van der Waals surface area contributed by atoms with E-state index in [1.807, 2.05) is 0 Å². The molecular formula is C43H91N7O4. The van der Waals surface area contributed by atoms with Gasteiger partial charge >= 0.3 is 0 Å². The summed E-state index contributed by atoms with van der Waals surface area (Å²) in [6.07, 6.45) is 12.4. The van der Waals surface area contributed by atoms with E-state index >= 15 is 0 Å². The molecule has 6 aliphatic heterocycles. The number of likely N-dealkylation sites (tertiary alicyclic amines) is 5. The van der Waals surface area contributed by atoms with Crippen LogP contribution >= 0.6 is 0 Å². The predicted octanol–water partition coefficient (Wildman–Crippen LogP) is 4.26. The number of amides is 1. The van der Waals surface area contributed by atoms with Crippen LogP contribution in [0.25, 0.3) is 0 Å². The summed E-state index contributed by atoms with van der Waals surface area (Å²) in [4.78, 5) is 24.6.